The van der Waals surface area contributed by atoms with Crippen molar-refractivity contribution in [3.05, 3.63) is 64.3 Å². The van der Waals surface area contributed by atoms with Gasteiger partial charge in [-0.25, -0.2) is 8.42 Å². The van der Waals surface area contributed by atoms with Crippen molar-refractivity contribution in [3.63, 3.8) is 0 Å². The van der Waals surface area contributed by atoms with Crippen LogP contribution in [0.25, 0.3) is 0 Å². The molecular formula is C12H11N3O5S. The summed E-state index contributed by atoms with van der Waals surface area (Å²) in [5, 5.41) is 10.4. The van der Waals surface area contributed by atoms with Gasteiger partial charge in [0.05, 0.1) is 6.61 Å². The third-order valence-corrected chi connectivity index (χ3v) is 3.67. The monoisotopic (exact) mass is 309 g/mol. The average Bonchev–Trinajstić information content (AvgIpc) is 2.48. The lowest BCUT2D eigenvalue weighted by Crippen LogP contribution is -2.24. The van der Waals surface area contributed by atoms with E-state index >= 15 is 0 Å². The highest BCUT2D eigenvalue weighted by atomic mass is 32.2. The molecule has 0 radical (unpaired) electrons. The topological polar surface area (TPSA) is 111 Å². The Balaban J connectivity index is 2.00. The number of nitro groups is 1. The Morgan fingerprint density at radius 1 is 1.19 bits per heavy atom. The molecule has 110 valence electrons. The molecule has 0 bridgehead atoms. The van der Waals surface area contributed by atoms with Crippen molar-refractivity contribution in [1.82, 2.24) is 9.87 Å². The summed E-state index contributed by atoms with van der Waals surface area (Å²) in [6, 6.07) is 11.1. The highest BCUT2D eigenvalue weighted by molar-refractivity contribution is 7.89. The number of benzene rings is 1. The molecule has 2 aromatic rings. The van der Waals surface area contributed by atoms with Crippen molar-refractivity contribution < 1.29 is 18.2 Å². The lowest BCUT2D eigenvalue weighted by Gasteiger charge is -2.06. The molecule has 8 nitrogen and oxygen atoms in total. The molecule has 0 aliphatic rings. The van der Waals surface area contributed by atoms with Crippen molar-refractivity contribution in [1.29, 1.82) is 0 Å². The summed E-state index contributed by atoms with van der Waals surface area (Å²) in [4.78, 5) is 19.8. The molecule has 0 fully saturated rings. The first-order valence-corrected chi connectivity index (χ1v) is 7.25. The highest BCUT2D eigenvalue weighted by Gasteiger charge is 2.18. The van der Waals surface area contributed by atoms with Gasteiger partial charge in [0.15, 0.2) is 6.20 Å². The minimum Gasteiger partial charge on any atom is -0.358 e. The van der Waals surface area contributed by atoms with E-state index in [4.69, 9.17) is 4.84 Å². The summed E-state index contributed by atoms with van der Waals surface area (Å²) in [7, 11) is -3.93. The number of aromatic nitrogens is 1. The predicted molar refractivity (Wildman–Crippen MR) is 72.4 cm³/mol. The van der Waals surface area contributed by atoms with Crippen molar-refractivity contribution in [3.8, 4) is 0 Å². The molecule has 21 heavy (non-hydrogen) atoms. The van der Waals surface area contributed by atoms with E-state index in [2.05, 4.69) is 4.98 Å². The zero-order valence-corrected chi connectivity index (χ0v) is 11.5. The number of sulfonamides is 1. The van der Waals surface area contributed by atoms with E-state index in [1.807, 2.05) is 11.0 Å². The third kappa shape index (κ3) is 4.05. The Hall–Kier alpha value is -2.36. The fourth-order valence-electron chi connectivity index (χ4n) is 1.45. The second kappa shape index (κ2) is 6.39. The van der Waals surface area contributed by atoms with Crippen molar-refractivity contribution in [2.45, 2.75) is 11.5 Å². The minimum absolute atomic E-state index is 0.0560. The van der Waals surface area contributed by atoms with Gasteiger partial charge in [0, 0.05) is 6.07 Å². The van der Waals surface area contributed by atoms with Crippen molar-refractivity contribution >= 4 is 15.8 Å². The predicted octanol–water partition coefficient (Wildman–Crippen LogP) is 1.40. The molecule has 0 spiro atoms. The second-order valence-corrected chi connectivity index (χ2v) is 5.62. The van der Waals surface area contributed by atoms with E-state index in [1.54, 1.807) is 24.3 Å². The maximum Gasteiger partial charge on any atom is 0.363 e. The van der Waals surface area contributed by atoms with E-state index in [-0.39, 0.29) is 11.5 Å². The van der Waals surface area contributed by atoms with Crippen LogP contribution in [-0.4, -0.2) is 18.3 Å². The van der Waals surface area contributed by atoms with Gasteiger partial charge in [0.25, 0.3) is 10.0 Å². The molecule has 0 amide bonds. The minimum atomic E-state index is -3.93. The summed E-state index contributed by atoms with van der Waals surface area (Å²) in [6.45, 7) is 0.0560. The van der Waals surface area contributed by atoms with Crippen LogP contribution in [0.2, 0.25) is 0 Å². The van der Waals surface area contributed by atoms with Crippen LogP contribution in [0.4, 0.5) is 5.82 Å². The summed E-state index contributed by atoms with van der Waals surface area (Å²) in [6.07, 6.45) is 0.895. The average molecular weight is 309 g/mol. The number of rotatable bonds is 6. The van der Waals surface area contributed by atoms with E-state index in [9.17, 15) is 18.5 Å². The van der Waals surface area contributed by atoms with Gasteiger partial charge in [-0.15, -0.1) is 0 Å². The molecule has 0 saturated carbocycles. The fraction of sp³-hybridized carbons (Fsp3) is 0.0833. The fourth-order valence-corrected chi connectivity index (χ4v) is 2.20. The molecule has 1 aromatic carbocycles. The van der Waals surface area contributed by atoms with Crippen LogP contribution in [-0.2, 0) is 21.5 Å². The molecule has 0 saturated heterocycles. The Morgan fingerprint density at radius 2 is 1.90 bits per heavy atom. The highest BCUT2D eigenvalue weighted by Crippen LogP contribution is 2.12. The van der Waals surface area contributed by atoms with Gasteiger partial charge < -0.3 is 10.1 Å². The molecule has 0 aliphatic heterocycles. The first-order chi connectivity index (χ1) is 9.99. The normalized spacial score (nSPS) is 11.2. The van der Waals surface area contributed by atoms with Crippen LogP contribution in [0.3, 0.4) is 0 Å². The number of hydrogen-bond donors (Lipinski definition) is 1. The molecule has 0 atom stereocenters. The summed E-state index contributed by atoms with van der Waals surface area (Å²) < 4.78 is 23.7. The van der Waals surface area contributed by atoms with Gasteiger partial charge >= 0.3 is 5.82 Å². The first kappa shape index (κ1) is 15.0. The van der Waals surface area contributed by atoms with E-state index in [0.29, 0.717) is 0 Å². The standard InChI is InChI=1S/C12H11N3O5S/c16-15(17)12-7-6-11(8-13-12)21(18,19)14-20-9-10-4-2-1-3-5-10/h1-8,14H,9H2. The van der Waals surface area contributed by atoms with Crippen LogP contribution in [0.5, 0.6) is 0 Å². The molecule has 1 N–H and O–H groups in total. The quantitative estimate of drug-likeness (QED) is 0.637. The van der Waals surface area contributed by atoms with Crippen molar-refractivity contribution in [2.75, 3.05) is 0 Å². The van der Waals surface area contributed by atoms with Crippen LogP contribution in [0, 0.1) is 10.1 Å². The van der Waals surface area contributed by atoms with Gasteiger partial charge in [0.2, 0.25) is 0 Å². The Morgan fingerprint density at radius 3 is 2.48 bits per heavy atom. The van der Waals surface area contributed by atoms with E-state index in [0.717, 1.165) is 23.9 Å². The lowest BCUT2D eigenvalue weighted by atomic mass is 10.2. The number of hydrogen-bond acceptors (Lipinski definition) is 6. The maximum atomic E-state index is 11.9. The van der Waals surface area contributed by atoms with Gasteiger partial charge in [-0.2, -0.15) is 0 Å². The SMILES string of the molecule is O=[N+]([O-])c1ccc(S(=O)(=O)NOCc2ccccc2)cn1. The third-order valence-electron chi connectivity index (χ3n) is 2.47. The molecule has 1 aromatic heterocycles. The Bertz CT molecular complexity index is 716. The van der Waals surface area contributed by atoms with E-state index < -0.39 is 20.8 Å². The maximum absolute atomic E-state index is 11.9. The smallest absolute Gasteiger partial charge is 0.358 e. The van der Waals surface area contributed by atoms with Crippen LogP contribution < -0.4 is 4.89 Å². The Labute approximate surface area is 120 Å². The second-order valence-electron chi connectivity index (χ2n) is 3.97. The number of nitrogens with zero attached hydrogens (tertiary/aromatic N) is 2. The zero-order chi connectivity index (χ0) is 15.3. The summed E-state index contributed by atoms with van der Waals surface area (Å²) in [5.74, 6) is -0.431. The molecular weight excluding hydrogens is 298 g/mol. The lowest BCUT2D eigenvalue weighted by molar-refractivity contribution is -0.389. The van der Waals surface area contributed by atoms with Crippen molar-refractivity contribution in [2.24, 2.45) is 0 Å². The summed E-state index contributed by atoms with van der Waals surface area (Å²) >= 11 is 0. The van der Waals surface area contributed by atoms with Crippen LogP contribution >= 0.6 is 0 Å². The van der Waals surface area contributed by atoms with E-state index in [1.165, 1.54) is 0 Å². The Kier molecular flexibility index (Phi) is 4.58. The van der Waals surface area contributed by atoms with Crippen LogP contribution in [0.1, 0.15) is 5.56 Å². The van der Waals surface area contributed by atoms with Gasteiger partial charge in [-0.05, 0) is 21.5 Å². The molecule has 9 heteroatoms. The molecule has 2 rings (SSSR count). The summed E-state index contributed by atoms with van der Waals surface area (Å²) in [5.41, 5.74) is 0.794. The first-order valence-electron chi connectivity index (χ1n) is 5.77. The number of pyridine rings is 1. The van der Waals surface area contributed by atoms with Gasteiger partial charge in [0.1, 0.15) is 4.90 Å². The van der Waals surface area contributed by atoms with Gasteiger partial charge in [-0.3, -0.25) is 4.84 Å². The largest absolute Gasteiger partial charge is 0.363 e. The molecule has 0 aliphatic carbocycles. The molecule has 1 heterocycles. The number of nitrogens with one attached hydrogen (secondary N) is 1. The molecule has 0 unspecified atom stereocenters. The zero-order valence-electron chi connectivity index (χ0n) is 10.7. The van der Waals surface area contributed by atoms with Crippen LogP contribution in [0.15, 0.2) is 53.6 Å². The van der Waals surface area contributed by atoms with Gasteiger partial charge in [-0.1, -0.05) is 35.2 Å².